The second-order valence-electron chi connectivity index (χ2n) is 3.11. The van der Waals surface area contributed by atoms with E-state index in [9.17, 15) is 9.59 Å². The van der Waals surface area contributed by atoms with Gasteiger partial charge in [0.1, 0.15) is 0 Å². The number of hydrogen-bond donors (Lipinski definition) is 3. The van der Waals surface area contributed by atoms with Crippen LogP contribution in [0.3, 0.4) is 0 Å². The monoisotopic (exact) mass is 277 g/mol. The van der Waals surface area contributed by atoms with E-state index in [1.54, 1.807) is 12.1 Å². The van der Waals surface area contributed by atoms with Crippen LogP contribution in [-0.2, 0) is 4.79 Å². The first-order chi connectivity index (χ1) is 7.74. The van der Waals surface area contributed by atoms with Gasteiger partial charge >= 0.3 is 0 Å². The second kappa shape index (κ2) is 8.98. The molecule has 0 spiro atoms. The lowest BCUT2D eigenvalue weighted by atomic mass is 10.4. The van der Waals surface area contributed by atoms with Gasteiger partial charge in [-0.05, 0) is 18.5 Å². The molecule has 0 saturated heterocycles. The molecule has 0 bridgehead atoms. The quantitative estimate of drug-likeness (QED) is 0.652. The fraction of sp³-hybridized carbons (Fsp3) is 0.400. The Kier molecular flexibility index (Phi) is 8.39. The van der Waals surface area contributed by atoms with Crippen LogP contribution in [0.1, 0.15) is 9.67 Å². The topological polar surface area (TPSA) is 70.2 Å². The molecule has 96 valence electrons. The van der Waals surface area contributed by atoms with Crippen molar-refractivity contribution in [2.24, 2.45) is 0 Å². The zero-order valence-corrected chi connectivity index (χ0v) is 11.1. The Hall–Kier alpha value is -1.11. The molecule has 0 radical (unpaired) electrons. The molecule has 0 aromatic carbocycles. The molecule has 0 atom stereocenters. The van der Waals surface area contributed by atoms with Gasteiger partial charge in [0.05, 0.1) is 11.4 Å². The third kappa shape index (κ3) is 6.25. The number of hydrogen-bond acceptors (Lipinski definition) is 4. The summed E-state index contributed by atoms with van der Waals surface area (Å²) in [6.45, 7) is 1.29. The minimum absolute atomic E-state index is 0. The zero-order valence-electron chi connectivity index (χ0n) is 9.49. The fourth-order valence-electron chi connectivity index (χ4n) is 1.04. The van der Waals surface area contributed by atoms with Crippen LogP contribution < -0.4 is 16.0 Å². The standard InChI is InChI=1S/C10H15N3O2S.ClH/c1-11-4-5-12-9(14)7-13-10(15)8-3-2-6-16-8;/h2-3,6,11H,4-5,7H2,1H3,(H,12,14)(H,13,15);1H. The van der Waals surface area contributed by atoms with Gasteiger partial charge < -0.3 is 16.0 Å². The van der Waals surface area contributed by atoms with Gasteiger partial charge in [0.25, 0.3) is 5.91 Å². The summed E-state index contributed by atoms with van der Waals surface area (Å²) in [7, 11) is 1.81. The molecule has 3 N–H and O–H groups in total. The van der Waals surface area contributed by atoms with Gasteiger partial charge in [-0.3, -0.25) is 9.59 Å². The lowest BCUT2D eigenvalue weighted by molar-refractivity contribution is -0.120. The Morgan fingerprint density at radius 1 is 1.29 bits per heavy atom. The summed E-state index contributed by atoms with van der Waals surface area (Å²) < 4.78 is 0. The number of carbonyl (C=O) groups is 2. The highest BCUT2D eigenvalue weighted by Gasteiger charge is 2.07. The predicted octanol–water partition coefficient (Wildman–Crippen LogP) is 0.235. The van der Waals surface area contributed by atoms with Crippen LogP contribution in [0.25, 0.3) is 0 Å². The number of thiophene rings is 1. The molecule has 0 aliphatic rings. The minimum Gasteiger partial charge on any atom is -0.353 e. The summed E-state index contributed by atoms with van der Waals surface area (Å²) in [5, 5.41) is 9.95. The lowest BCUT2D eigenvalue weighted by Crippen LogP contribution is -2.39. The zero-order chi connectivity index (χ0) is 11.8. The van der Waals surface area contributed by atoms with Crippen LogP contribution in [0.4, 0.5) is 0 Å². The van der Waals surface area contributed by atoms with Crippen molar-refractivity contribution in [2.75, 3.05) is 26.7 Å². The summed E-state index contributed by atoms with van der Waals surface area (Å²) in [5.74, 6) is -0.390. The van der Waals surface area contributed by atoms with Gasteiger partial charge in [-0.15, -0.1) is 23.7 Å². The van der Waals surface area contributed by atoms with Crippen molar-refractivity contribution in [1.82, 2.24) is 16.0 Å². The Morgan fingerprint density at radius 2 is 2.06 bits per heavy atom. The molecule has 1 heterocycles. The Morgan fingerprint density at radius 3 is 2.65 bits per heavy atom. The fourth-order valence-corrected chi connectivity index (χ4v) is 1.68. The summed E-state index contributed by atoms with van der Waals surface area (Å²) in [5.41, 5.74) is 0. The van der Waals surface area contributed by atoms with E-state index in [0.717, 1.165) is 0 Å². The van der Waals surface area contributed by atoms with E-state index in [1.807, 2.05) is 12.4 Å². The summed E-state index contributed by atoms with van der Waals surface area (Å²) in [4.78, 5) is 23.3. The Labute approximate surface area is 110 Å². The molecule has 0 aliphatic carbocycles. The van der Waals surface area contributed by atoms with Crippen LogP contribution in [0.2, 0.25) is 0 Å². The van der Waals surface area contributed by atoms with Crippen molar-refractivity contribution in [3.63, 3.8) is 0 Å². The molecule has 1 aromatic rings. The third-order valence-corrected chi connectivity index (χ3v) is 2.72. The number of nitrogens with one attached hydrogen (secondary N) is 3. The number of amides is 2. The molecule has 1 aromatic heterocycles. The first kappa shape index (κ1) is 15.9. The number of carbonyl (C=O) groups excluding carboxylic acids is 2. The molecular formula is C10H16ClN3O2S. The van der Waals surface area contributed by atoms with E-state index in [1.165, 1.54) is 11.3 Å². The Bertz CT molecular complexity index is 343. The molecule has 2 amide bonds. The van der Waals surface area contributed by atoms with Crippen LogP contribution in [0.5, 0.6) is 0 Å². The van der Waals surface area contributed by atoms with Gasteiger partial charge in [0, 0.05) is 13.1 Å². The molecule has 0 fully saturated rings. The van der Waals surface area contributed by atoms with Gasteiger partial charge in [0.2, 0.25) is 5.91 Å². The molecule has 1 rings (SSSR count). The summed E-state index contributed by atoms with van der Waals surface area (Å²) in [6, 6.07) is 3.52. The van der Waals surface area contributed by atoms with E-state index in [2.05, 4.69) is 16.0 Å². The largest absolute Gasteiger partial charge is 0.353 e. The van der Waals surface area contributed by atoms with Crippen molar-refractivity contribution in [3.8, 4) is 0 Å². The van der Waals surface area contributed by atoms with E-state index in [0.29, 0.717) is 18.0 Å². The molecule has 0 unspecified atom stereocenters. The first-order valence-corrected chi connectivity index (χ1v) is 5.85. The second-order valence-corrected chi connectivity index (χ2v) is 4.06. The molecule has 0 saturated carbocycles. The maximum absolute atomic E-state index is 11.4. The van der Waals surface area contributed by atoms with Crippen molar-refractivity contribution >= 4 is 35.6 Å². The van der Waals surface area contributed by atoms with Gasteiger partial charge in [0.15, 0.2) is 0 Å². The van der Waals surface area contributed by atoms with Crippen molar-refractivity contribution in [2.45, 2.75) is 0 Å². The summed E-state index contributed by atoms with van der Waals surface area (Å²) >= 11 is 1.35. The van der Waals surface area contributed by atoms with E-state index < -0.39 is 0 Å². The number of halogens is 1. The summed E-state index contributed by atoms with van der Waals surface area (Å²) in [6.07, 6.45) is 0. The maximum atomic E-state index is 11.4. The van der Waals surface area contributed by atoms with Crippen LogP contribution >= 0.6 is 23.7 Å². The normalized spacial score (nSPS) is 9.24. The molecule has 17 heavy (non-hydrogen) atoms. The number of likely N-dealkylation sites (N-methyl/N-ethyl adjacent to an activating group) is 1. The Balaban J connectivity index is 0.00000256. The lowest BCUT2D eigenvalue weighted by Gasteiger charge is -2.05. The molecule has 0 aliphatic heterocycles. The average molecular weight is 278 g/mol. The third-order valence-electron chi connectivity index (χ3n) is 1.85. The van der Waals surface area contributed by atoms with Crippen LogP contribution in [0, 0.1) is 0 Å². The minimum atomic E-state index is -0.209. The smallest absolute Gasteiger partial charge is 0.261 e. The van der Waals surface area contributed by atoms with Gasteiger partial charge in [-0.2, -0.15) is 0 Å². The first-order valence-electron chi connectivity index (χ1n) is 4.97. The van der Waals surface area contributed by atoms with E-state index >= 15 is 0 Å². The highest BCUT2D eigenvalue weighted by Crippen LogP contribution is 2.07. The van der Waals surface area contributed by atoms with E-state index in [4.69, 9.17) is 0 Å². The predicted molar refractivity (Wildman–Crippen MR) is 70.8 cm³/mol. The van der Waals surface area contributed by atoms with Crippen LogP contribution in [-0.4, -0.2) is 38.5 Å². The molecule has 5 nitrogen and oxygen atoms in total. The number of rotatable bonds is 6. The SMILES string of the molecule is CNCCNC(=O)CNC(=O)c1cccs1.Cl. The van der Waals surface area contributed by atoms with E-state index in [-0.39, 0.29) is 30.8 Å². The van der Waals surface area contributed by atoms with Gasteiger partial charge in [-0.25, -0.2) is 0 Å². The maximum Gasteiger partial charge on any atom is 0.261 e. The van der Waals surface area contributed by atoms with Crippen molar-refractivity contribution in [1.29, 1.82) is 0 Å². The van der Waals surface area contributed by atoms with Crippen molar-refractivity contribution in [3.05, 3.63) is 22.4 Å². The highest BCUT2D eigenvalue weighted by molar-refractivity contribution is 7.12. The molecular weight excluding hydrogens is 262 g/mol. The van der Waals surface area contributed by atoms with Crippen LogP contribution in [0.15, 0.2) is 17.5 Å². The highest BCUT2D eigenvalue weighted by atomic mass is 35.5. The van der Waals surface area contributed by atoms with Gasteiger partial charge in [-0.1, -0.05) is 6.07 Å². The molecule has 7 heteroatoms. The average Bonchev–Trinajstić information content (AvgIpc) is 2.79. The van der Waals surface area contributed by atoms with Crippen molar-refractivity contribution < 1.29 is 9.59 Å².